The number of aliphatic hydroxyl groups is 2. The molecule has 2 N–H and O–H groups in total. The van der Waals surface area contributed by atoms with E-state index in [1.165, 1.54) is 4.90 Å². The first-order valence-electron chi connectivity index (χ1n) is 11.4. The Morgan fingerprint density at radius 1 is 0.970 bits per heavy atom. The highest BCUT2D eigenvalue weighted by Gasteiger charge is 2.39. The number of likely N-dealkylation sites (tertiary alicyclic amines) is 1. The highest BCUT2D eigenvalue weighted by molar-refractivity contribution is 5.68. The minimum atomic E-state index is -0.894. The highest BCUT2D eigenvalue weighted by Crippen LogP contribution is 2.31. The lowest BCUT2D eigenvalue weighted by Crippen LogP contribution is -2.53. The summed E-state index contributed by atoms with van der Waals surface area (Å²) in [6.45, 7) is 7.31. The first kappa shape index (κ1) is 25.0. The maximum atomic E-state index is 12.3. The summed E-state index contributed by atoms with van der Waals surface area (Å²) >= 11 is 0. The molecule has 1 fully saturated rings. The Balaban J connectivity index is 1.43. The number of benzene rings is 2. The first-order chi connectivity index (χ1) is 15.7. The van der Waals surface area contributed by atoms with Crippen molar-refractivity contribution in [1.82, 2.24) is 4.90 Å². The summed E-state index contributed by atoms with van der Waals surface area (Å²) in [5.41, 5.74) is 1.32. The lowest BCUT2D eigenvalue weighted by Gasteiger charge is -2.40. The third kappa shape index (κ3) is 7.74. The van der Waals surface area contributed by atoms with Gasteiger partial charge in [0.1, 0.15) is 11.4 Å². The van der Waals surface area contributed by atoms with Crippen molar-refractivity contribution in [2.45, 2.75) is 57.5 Å². The van der Waals surface area contributed by atoms with Crippen LogP contribution in [0.5, 0.6) is 5.75 Å². The van der Waals surface area contributed by atoms with Crippen molar-refractivity contribution in [2.24, 2.45) is 0 Å². The van der Waals surface area contributed by atoms with Crippen LogP contribution in [0.4, 0.5) is 4.79 Å². The quantitative estimate of drug-likeness (QED) is 0.588. The van der Waals surface area contributed by atoms with Crippen LogP contribution in [0.15, 0.2) is 54.6 Å². The summed E-state index contributed by atoms with van der Waals surface area (Å²) in [6.07, 6.45) is -1.55. The highest BCUT2D eigenvalue weighted by atomic mass is 16.6. The number of ether oxygens (including phenoxy) is 3. The number of aliphatic hydroxyl groups excluding tert-OH is 2. The summed E-state index contributed by atoms with van der Waals surface area (Å²) in [7, 11) is 0. The number of hydrogen-bond donors (Lipinski definition) is 2. The number of carbonyl (C=O) groups excluding carboxylic acids is 1. The van der Waals surface area contributed by atoms with Gasteiger partial charge in [-0.25, -0.2) is 4.79 Å². The molecule has 1 aliphatic heterocycles. The number of hydrogen-bond acceptors (Lipinski definition) is 6. The van der Waals surface area contributed by atoms with E-state index in [1.54, 1.807) is 20.8 Å². The van der Waals surface area contributed by atoms with E-state index < -0.39 is 29.8 Å². The summed E-state index contributed by atoms with van der Waals surface area (Å²) in [6, 6.07) is 17.4. The van der Waals surface area contributed by atoms with Crippen LogP contribution in [0.3, 0.4) is 0 Å². The van der Waals surface area contributed by atoms with Crippen LogP contribution in [-0.2, 0) is 16.1 Å². The standard InChI is InChI=1S/C26H35NO6/c1-26(2,3)33-25(30)27-16-22(28)24(23(29)17-27)20-10-12-21(13-11-20)32-15-7-14-31-18-19-8-5-4-6-9-19/h4-6,8-13,22-24,28-29H,7,14-18H2,1-3H3. The fourth-order valence-corrected chi connectivity index (χ4v) is 3.83. The molecule has 7 nitrogen and oxygen atoms in total. The van der Waals surface area contributed by atoms with Gasteiger partial charge in [0.25, 0.3) is 0 Å². The maximum absolute atomic E-state index is 12.3. The van der Waals surface area contributed by atoms with Gasteiger partial charge in [0.2, 0.25) is 0 Å². The predicted octanol–water partition coefficient (Wildman–Crippen LogP) is 3.73. The summed E-state index contributed by atoms with van der Waals surface area (Å²) in [5.74, 6) is 0.237. The zero-order chi connectivity index (χ0) is 23.8. The van der Waals surface area contributed by atoms with Crippen molar-refractivity contribution < 1.29 is 29.2 Å². The normalized spacial score (nSPS) is 21.0. The van der Waals surface area contributed by atoms with E-state index in [9.17, 15) is 15.0 Å². The van der Waals surface area contributed by atoms with E-state index in [1.807, 2.05) is 54.6 Å². The second-order valence-corrected chi connectivity index (χ2v) is 9.36. The third-order valence-corrected chi connectivity index (χ3v) is 5.37. The van der Waals surface area contributed by atoms with Gasteiger partial charge >= 0.3 is 6.09 Å². The lowest BCUT2D eigenvalue weighted by molar-refractivity contribution is -0.0429. The Morgan fingerprint density at radius 2 is 1.61 bits per heavy atom. The predicted molar refractivity (Wildman–Crippen MR) is 125 cm³/mol. The monoisotopic (exact) mass is 457 g/mol. The van der Waals surface area contributed by atoms with Crippen molar-refractivity contribution in [3.05, 3.63) is 65.7 Å². The summed E-state index contributed by atoms with van der Waals surface area (Å²) < 4.78 is 16.8. The number of β-amino-alcohol motifs (C(OH)–C–C–N with tert-alkyl or cyclic N) is 2. The van der Waals surface area contributed by atoms with E-state index in [4.69, 9.17) is 14.2 Å². The van der Waals surface area contributed by atoms with Crippen molar-refractivity contribution >= 4 is 6.09 Å². The molecule has 2 aromatic carbocycles. The number of piperidine rings is 1. The summed E-state index contributed by atoms with van der Waals surface area (Å²) in [5, 5.41) is 21.3. The second-order valence-electron chi connectivity index (χ2n) is 9.36. The molecule has 1 heterocycles. The van der Waals surface area contributed by atoms with E-state index in [0.29, 0.717) is 19.8 Å². The van der Waals surface area contributed by atoms with Gasteiger partial charge in [-0.1, -0.05) is 42.5 Å². The Labute approximate surface area is 195 Å². The van der Waals surface area contributed by atoms with Crippen LogP contribution in [0, 0.1) is 0 Å². The molecule has 2 aromatic rings. The molecule has 1 saturated heterocycles. The molecule has 2 unspecified atom stereocenters. The van der Waals surface area contributed by atoms with E-state index in [2.05, 4.69) is 0 Å². The number of amides is 1. The van der Waals surface area contributed by atoms with Crippen LogP contribution in [-0.4, -0.2) is 65.3 Å². The average molecular weight is 458 g/mol. The van der Waals surface area contributed by atoms with Gasteiger partial charge in [-0.3, -0.25) is 0 Å². The Bertz CT molecular complexity index is 853. The SMILES string of the molecule is CC(C)(C)OC(=O)N1CC(O)C(c2ccc(OCCCOCc3ccccc3)cc2)C(O)C1. The van der Waals surface area contributed by atoms with Crippen LogP contribution in [0.1, 0.15) is 44.2 Å². The van der Waals surface area contributed by atoms with E-state index in [-0.39, 0.29) is 13.1 Å². The second kappa shape index (κ2) is 11.5. The molecule has 0 bridgehead atoms. The van der Waals surface area contributed by atoms with Gasteiger partial charge in [-0.15, -0.1) is 0 Å². The van der Waals surface area contributed by atoms with Crippen LogP contribution < -0.4 is 4.74 Å². The van der Waals surface area contributed by atoms with Gasteiger partial charge in [-0.05, 0) is 44.0 Å². The van der Waals surface area contributed by atoms with Crippen LogP contribution in [0.2, 0.25) is 0 Å². The molecule has 3 rings (SSSR count). The Kier molecular flexibility index (Phi) is 8.72. The van der Waals surface area contributed by atoms with Crippen molar-refractivity contribution in [2.75, 3.05) is 26.3 Å². The zero-order valence-electron chi connectivity index (χ0n) is 19.6. The van der Waals surface area contributed by atoms with Gasteiger partial charge < -0.3 is 29.3 Å². The van der Waals surface area contributed by atoms with Gasteiger partial charge in [-0.2, -0.15) is 0 Å². The summed E-state index contributed by atoms with van der Waals surface area (Å²) in [4.78, 5) is 13.6. The van der Waals surface area contributed by atoms with Crippen molar-refractivity contribution in [3.8, 4) is 5.75 Å². The molecule has 0 aromatic heterocycles. The topological polar surface area (TPSA) is 88.5 Å². The molecule has 0 radical (unpaired) electrons. The fraction of sp³-hybridized carbons (Fsp3) is 0.500. The molecule has 180 valence electrons. The fourth-order valence-electron chi connectivity index (χ4n) is 3.83. The molecule has 0 aliphatic carbocycles. The van der Waals surface area contributed by atoms with Crippen molar-refractivity contribution in [3.63, 3.8) is 0 Å². The number of nitrogens with zero attached hydrogens (tertiary/aromatic N) is 1. The number of carbonyl (C=O) groups is 1. The van der Waals surface area contributed by atoms with Crippen LogP contribution in [0.25, 0.3) is 0 Å². The largest absolute Gasteiger partial charge is 0.494 e. The Morgan fingerprint density at radius 3 is 2.21 bits per heavy atom. The molecule has 2 atom stereocenters. The smallest absolute Gasteiger partial charge is 0.410 e. The van der Waals surface area contributed by atoms with E-state index >= 15 is 0 Å². The molecule has 7 heteroatoms. The molecule has 1 amide bonds. The minimum Gasteiger partial charge on any atom is -0.494 e. The number of rotatable bonds is 8. The van der Waals surface area contributed by atoms with Crippen LogP contribution >= 0.6 is 0 Å². The molecule has 1 aliphatic rings. The van der Waals surface area contributed by atoms with Gasteiger partial charge in [0.15, 0.2) is 0 Å². The molecule has 0 spiro atoms. The van der Waals surface area contributed by atoms with Crippen molar-refractivity contribution in [1.29, 1.82) is 0 Å². The molecule has 0 saturated carbocycles. The molecular formula is C26H35NO6. The van der Waals surface area contributed by atoms with E-state index in [0.717, 1.165) is 23.3 Å². The first-order valence-corrected chi connectivity index (χ1v) is 11.4. The van der Waals surface area contributed by atoms with Gasteiger partial charge in [0.05, 0.1) is 45.1 Å². The average Bonchev–Trinajstić information content (AvgIpc) is 2.76. The van der Waals surface area contributed by atoms with Gasteiger partial charge in [0, 0.05) is 12.3 Å². The lowest BCUT2D eigenvalue weighted by atomic mass is 9.85. The maximum Gasteiger partial charge on any atom is 0.410 e. The molecule has 33 heavy (non-hydrogen) atoms. The molecular weight excluding hydrogens is 422 g/mol. The Hall–Kier alpha value is -2.61. The minimum absolute atomic E-state index is 0.109. The zero-order valence-corrected chi connectivity index (χ0v) is 19.6. The third-order valence-electron chi connectivity index (χ3n) is 5.37.